The van der Waals surface area contributed by atoms with Gasteiger partial charge in [-0.15, -0.1) is 0 Å². The molecule has 1 N–H and O–H groups in total. The van der Waals surface area contributed by atoms with Crippen LogP contribution in [0.4, 0.5) is 0 Å². The Hall–Kier alpha value is -0.0400. The van der Waals surface area contributed by atoms with Crippen molar-refractivity contribution < 1.29 is 5.11 Å². The van der Waals surface area contributed by atoms with E-state index in [0.717, 1.165) is 18.8 Å². The maximum atomic E-state index is 10.8. The van der Waals surface area contributed by atoms with Crippen LogP contribution in [0.25, 0.3) is 0 Å². The molecule has 0 saturated heterocycles. The minimum Gasteiger partial charge on any atom is -0.389 e. The van der Waals surface area contributed by atoms with Gasteiger partial charge in [-0.1, -0.05) is 40.0 Å². The molecule has 0 bridgehead atoms. The molecule has 2 fully saturated rings. The second kappa shape index (κ2) is 3.76. The summed E-state index contributed by atoms with van der Waals surface area (Å²) in [6, 6.07) is 0. The molecule has 0 radical (unpaired) electrons. The topological polar surface area (TPSA) is 20.2 Å². The second-order valence-corrected chi connectivity index (χ2v) is 6.32. The molecule has 0 amide bonds. The molecule has 0 aromatic carbocycles. The fraction of sp³-hybridized carbons (Fsp3) is 1.00. The van der Waals surface area contributed by atoms with Crippen molar-refractivity contribution in [2.75, 3.05) is 0 Å². The Bertz CT molecular complexity index is 227. The van der Waals surface area contributed by atoms with Gasteiger partial charge in [0.05, 0.1) is 5.60 Å². The van der Waals surface area contributed by atoms with Crippen molar-refractivity contribution in [3.05, 3.63) is 0 Å². The van der Waals surface area contributed by atoms with Gasteiger partial charge >= 0.3 is 0 Å². The van der Waals surface area contributed by atoms with E-state index in [2.05, 4.69) is 20.8 Å². The average molecular weight is 210 g/mol. The molecule has 88 valence electrons. The zero-order valence-electron chi connectivity index (χ0n) is 10.6. The number of hydrogen-bond donors (Lipinski definition) is 1. The molecule has 2 atom stereocenters. The summed E-state index contributed by atoms with van der Waals surface area (Å²) in [7, 11) is 0. The predicted molar refractivity (Wildman–Crippen MR) is 63.7 cm³/mol. The summed E-state index contributed by atoms with van der Waals surface area (Å²) in [6.45, 7) is 6.82. The zero-order valence-corrected chi connectivity index (χ0v) is 10.6. The molecule has 15 heavy (non-hydrogen) atoms. The first-order valence-electron chi connectivity index (χ1n) is 6.76. The normalized spacial score (nSPS) is 38.6. The van der Waals surface area contributed by atoms with E-state index in [4.69, 9.17) is 0 Å². The van der Waals surface area contributed by atoms with Crippen LogP contribution >= 0.6 is 0 Å². The summed E-state index contributed by atoms with van der Waals surface area (Å²) in [5.74, 6) is 1.33. The summed E-state index contributed by atoms with van der Waals surface area (Å²) in [5.41, 5.74) is 0.0182. The number of hydrogen-bond acceptors (Lipinski definition) is 1. The van der Waals surface area contributed by atoms with Gasteiger partial charge in [0.1, 0.15) is 0 Å². The van der Waals surface area contributed by atoms with Crippen molar-refractivity contribution in [3.63, 3.8) is 0 Å². The first kappa shape index (κ1) is 11.4. The lowest BCUT2D eigenvalue weighted by atomic mass is 9.71. The molecule has 2 saturated carbocycles. The first-order valence-corrected chi connectivity index (χ1v) is 6.76. The first-order chi connectivity index (χ1) is 7.04. The van der Waals surface area contributed by atoms with E-state index in [1.807, 2.05) is 0 Å². The van der Waals surface area contributed by atoms with Crippen molar-refractivity contribution in [2.24, 2.45) is 17.3 Å². The lowest BCUT2D eigenvalue weighted by Crippen LogP contribution is -2.37. The highest BCUT2D eigenvalue weighted by Gasteiger charge is 2.64. The molecule has 1 nitrogen and oxygen atoms in total. The molecule has 2 rings (SSSR count). The summed E-state index contributed by atoms with van der Waals surface area (Å²) < 4.78 is 0. The minimum atomic E-state index is -0.275. The lowest BCUT2D eigenvalue weighted by molar-refractivity contribution is -0.0241. The van der Waals surface area contributed by atoms with E-state index in [1.54, 1.807) is 0 Å². The van der Waals surface area contributed by atoms with Gasteiger partial charge in [-0.05, 0) is 42.9 Å². The fourth-order valence-corrected chi connectivity index (χ4v) is 4.10. The highest BCUT2D eigenvalue weighted by atomic mass is 16.3. The zero-order chi connectivity index (χ0) is 11.1. The van der Waals surface area contributed by atoms with E-state index >= 15 is 0 Å². The van der Waals surface area contributed by atoms with Crippen LogP contribution in [0, 0.1) is 17.3 Å². The van der Waals surface area contributed by atoms with Crippen LogP contribution in [0.15, 0.2) is 0 Å². The highest BCUT2D eigenvalue weighted by molar-refractivity contribution is 5.15. The van der Waals surface area contributed by atoms with Crippen LogP contribution in [-0.4, -0.2) is 10.7 Å². The molecule has 2 unspecified atom stereocenters. The molecule has 0 spiro atoms. The van der Waals surface area contributed by atoms with Crippen molar-refractivity contribution in [1.29, 1.82) is 0 Å². The molecular weight excluding hydrogens is 184 g/mol. The maximum Gasteiger partial charge on any atom is 0.0736 e. The molecule has 2 aliphatic rings. The Balaban J connectivity index is 2.13. The van der Waals surface area contributed by atoms with Crippen molar-refractivity contribution >= 4 is 0 Å². The SMILES string of the molecule is CCC1CC1(O)C1(CC(C)C)CCCC1. The van der Waals surface area contributed by atoms with Crippen LogP contribution in [0.1, 0.15) is 65.7 Å². The summed E-state index contributed by atoms with van der Waals surface area (Å²) in [4.78, 5) is 0. The van der Waals surface area contributed by atoms with Gasteiger partial charge in [0.15, 0.2) is 0 Å². The molecular formula is C14H26O. The quantitative estimate of drug-likeness (QED) is 0.749. The summed E-state index contributed by atoms with van der Waals surface area (Å²) in [5, 5.41) is 10.8. The molecule has 2 aliphatic carbocycles. The molecule has 0 heterocycles. The molecule has 0 aromatic rings. The van der Waals surface area contributed by atoms with Gasteiger partial charge in [0, 0.05) is 0 Å². The Morgan fingerprint density at radius 3 is 2.27 bits per heavy atom. The molecule has 0 aromatic heterocycles. The minimum absolute atomic E-state index is 0.275. The third-order valence-corrected chi connectivity index (χ3v) is 4.84. The van der Waals surface area contributed by atoms with E-state index in [9.17, 15) is 5.11 Å². The number of aliphatic hydroxyl groups is 1. The predicted octanol–water partition coefficient (Wildman–Crippen LogP) is 3.75. The largest absolute Gasteiger partial charge is 0.389 e. The second-order valence-electron chi connectivity index (χ2n) is 6.32. The third kappa shape index (κ3) is 1.73. The molecule has 1 heteroatoms. The average Bonchev–Trinajstić information content (AvgIpc) is 2.63. The monoisotopic (exact) mass is 210 g/mol. The van der Waals surface area contributed by atoms with Gasteiger partial charge in [0.2, 0.25) is 0 Å². The Morgan fingerprint density at radius 2 is 1.87 bits per heavy atom. The fourth-order valence-electron chi connectivity index (χ4n) is 4.10. The van der Waals surface area contributed by atoms with Crippen LogP contribution < -0.4 is 0 Å². The maximum absolute atomic E-state index is 10.8. The Kier molecular flexibility index (Phi) is 2.87. The van der Waals surface area contributed by atoms with Gasteiger partial charge in [-0.2, -0.15) is 0 Å². The number of rotatable bonds is 4. The Labute approximate surface area is 94.3 Å². The van der Waals surface area contributed by atoms with Crippen LogP contribution in [0.5, 0.6) is 0 Å². The van der Waals surface area contributed by atoms with Crippen LogP contribution in [0.2, 0.25) is 0 Å². The van der Waals surface area contributed by atoms with Gasteiger partial charge in [0.25, 0.3) is 0 Å². The van der Waals surface area contributed by atoms with E-state index in [1.165, 1.54) is 32.1 Å². The van der Waals surface area contributed by atoms with E-state index < -0.39 is 0 Å². The summed E-state index contributed by atoms with van der Waals surface area (Å²) in [6.07, 6.45) is 8.71. The van der Waals surface area contributed by atoms with Crippen LogP contribution in [0.3, 0.4) is 0 Å². The van der Waals surface area contributed by atoms with E-state index in [-0.39, 0.29) is 5.60 Å². The lowest BCUT2D eigenvalue weighted by Gasteiger charge is -2.37. The molecule has 0 aliphatic heterocycles. The Morgan fingerprint density at radius 1 is 1.27 bits per heavy atom. The third-order valence-electron chi connectivity index (χ3n) is 4.84. The summed E-state index contributed by atoms with van der Waals surface area (Å²) >= 11 is 0. The van der Waals surface area contributed by atoms with E-state index in [0.29, 0.717) is 11.3 Å². The highest BCUT2D eigenvalue weighted by Crippen LogP contribution is 2.64. The smallest absolute Gasteiger partial charge is 0.0736 e. The van der Waals surface area contributed by atoms with Gasteiger partial charge < -0.3 is 5.11 Å². The van der Waals surface area contributed by atoms with Gasteiger partial charge in [-0.25, -0.2) is 0 Å². The van der Waals surface area contributed by atoms with Crippen molar-refractivity contribution in [2.45, 2.75) is 71.3 Å². The van der Waals surface area contributed by atoms with Crippen molar-refractivity contribution in [3.8, 4) is 0 Å². The van der Waals surface area contributed by atoms with Gasteiger partial charge in [-0.3, -0.25) is 0 Å². The van der Waals surface area contributed by atoms with Crippen molar-refractivity contribution in [1.82, 2.24) is 0 Å². The van der Waals surface area contributed by atoms with Crippen LogP contribution in [-0.2, 0) is 0 Å². The standard InChI is InChI=1S/C14H26O/c1-4-12-10-14(12,15)13(9-11(2)3)7-5-6-8-13/h11-12,15H,4-10H2,1-3H3.